The molecule has 0 aromatic rings. The van der Waals surface area contributed by atoms with Crippen LogP contribution in [0.15, 0.2) is 0 Å². The zero-order chi connectivity index (χ0) is 11.4. The van der Waals surface area contributed by atoms with E-state index in [0.29, 0.717) is 0 Å². The van der Waals surface area contributed by atoms with Gasteiger partial charge in [0.2, 0.25) is 0 Å². The predicted molar refractivity (Wildman–Crippen MR) is 63.4 cm³/mol. The van der Waals surface area contributed by atoms with E-state index < -0.39 is 5.97 Å². The summed E-state index contributed by atoms with van der Waals surface area (Å²) in [6.07, 6.45) is 9.28. The molecule has 3 heteroatoms. The Balaban J connectivity index is 1.76. The van der Waals surface area contributed by atoms with Gasteiger partial charge in [-0.3, -0.25) is 9.69 Å². The Kier molecular flexibility index (Phi) is 4.22. The molecule has 0 amide bonds. The highest BCUT2D eigenvalue weighted by Crippen LogP contribution is 2.31. The van der Waals surface area contributed by atoms with E-state index in [1.165, 1.54) is 44.9 Å². The van der Waals surface area contributed by atoms with Crippen molar-refractivity contribution in [3.8, 4) is 0 Å². The van der Waals surface area contributed by atoms with Gasteiger partial charge in [-0.2, -0.15) is 0 Å². The maximum atomic E-state index is 10.8. The molecule has 16 heavy (non-hydrogen) atoms. The van der Waals surface area contributed by atoms with E-state index in [-0.39, 0.29) is 6.54 Å². The first kappa shape index (κ1) is 11.9. The lowest BCUT2D eigenvalue weighted by Gasteiger charge is -2.28. The number of aliphatic carboxylic acids is 1. The molecule has 0 radical (unpaired) electrons. The van der Waals surface area contributed by atoms with Crippen LogP contribution in [0.4, 0.5) is 0 Å². The first-order valence-corrected chi connectivity index (χ1v) is 6.68. The fourth-order valence-corrected chi connectivity index (χ4v) is 2.80. The van der Waals surface area contributed by atoms with E-state index in [1.54, 1.807) is 0 Å². The van der Waals surface area contributed by atoms with Crippen molar-refractivity contribution in [1.29, 1.82) is 0 Å². The summed E-state index contributed by atoms with van der Waals surface area (Å²) >= 11 is 0. The van der Waals surface area contributed by atoms with Gasteiger partial charge in [0.25, 0.3) is 0 Å². The maximum absolute atomic E-state index is 10.8. The summed E-state index contributed by atoms with van der Waals surface area (Å²) in [6.45, 7) is 2.28. The van der Waals surface area contributed by atoms with Gasteiger partial charge >= 0.3 is 5.97 Å². The molecule has 2 rings (SSSR count). The first-order valence-electron chi connectivity index (χ1n) is 6.68. The third kappa shape index (κ3) is 4.12. The van der Waals surface area contributed by atoms with Crippen molar-refractivity contribution < 1.29 is 9.90 Å². The molecule has 2 fully saturated rings. The largest absolute Gasteiger partial charge is 0.480 e. The quantitative estimate of drug-likeness (QED) is 0.754. The zero-order valence-corrected chi connectivity index (χ0v) is 10.0. The van der Waals surface area contributed by atoms with Gasteiger partial charge in [0.05, 0.1) is 6.54 Å². The van der Waals surface area contributed by atoms with E-state index in [9.17, 15) is 4.79 Å². The lowest BCUT2D eigenvalue weighted by molar-refractivity contribution is -0.138. The molecule has 2 saturated carbocycles. The number of hydrogen-bond donors (Lipinski definition) is 1. The summed E-state index contributed by atoms with van der Waals surface area (Å²) in [6, 6.07) is 0. The molecule has 0 aromatic heterocycles. The highest BCUT2D eigenvalue weighted by atomic mass is 16.4. The standard InChI is InChI=1S/C13H23NO2/c15-13(16)10-14(9-12-6-7-12)8-11-4-2-1-3-5-11/h11-12H,1-10H2,(H,15,16). The fraction of sp³-hybridized carbons (Fsp3) is 0.923. The summed E-state index contributed by atoms with van der Waals surface area (Å²) in [5.74, 6) is 0.881. The number of rotatable bonds is 6. The van der Waals surface area contributed by atoms with Crippen LogP contribution in [-0.2, 0) is 4.79 Å². The number of carbonyl (C=O) groups is 1. The molecule has 0 spiro atoms. The van der Waals surface area contributed by atoms with Crippen molar-refractivity contribution in [2.45, 2.75) is 44.9 Å². The first-order chi connectivity index (χ1) is 7.74. The van der Waals surface area contributed by atoms with Crippen LogP contribution >= 0.6 is 0 Å². The molecule has 2 aliphatic rings. The Hall–Kier alpha value is -0.570. The monoisotopic (exact) mass is 225 g/mol. The Morgan fingerprint density at radius 1 is 1.00 bits per heavy atom. The van der Waals surface area contributed by atoms with E-state index in [2.05, 4.69) is 4.90 Å². The predicted octanol–water partition coefficient (Wildman–Crippen LogP) is 2.36. The Bertz CT molecular complexity index is 232. The molecule has 92 valence electrons. The van der Waals surface area contributed by atoms with Crippen molar-refractivity contribution in [3.05, 3.63) is 0 Å². The summed E-state index contributed by atoms with van der Waals surface area (Å²) in [7, 11) is 0. The number of carboxylic acids is 1. The third-order valence-corrected chi connectivity index (χ3v) is 3.81. The molecular formula is C13H23NO2. The lowest BCUT2D eigenvalue weighted by atomic mass is 9.89. The van der Waals surface area contributed by atoms with Gasteiger partial charge in [0.15, 0.2) is 0 Å². The van der Waals surface area contributed by atoms with Gasteiger partial charge in [-0.1, -0.05) is 19.3 Å². The van der Waals surface area contributed by atoms with Crippen molar-refractivity contribution in [2.24, 2.45) is 11.8 Å². The minimum absolute atomic E-state index is 0.243. The van der Waals surface area contributed by atoms with Crippen molar-refractivity contribution >= 4 is 5.97 Å². The van der Waals surface area contributed by atoms with Crippen molar-refractivity contribution in [1.82, 2.24) is 4.90 Å². The molecule has 0 bridgehead atoms. The van der Waals surface area contributed by atoms with Crippen LogP contribution < -0.4 is 0 Å². The highest BCUT2D eigenvalue weighted by Gasteiger charge is 2.27. The van der Waals surface area contributed by atoms with Gasteiger partial charge in [-0.25, -0.2) is 0 Å². The van der Waals surface area contributed by atoms with E-state index in [4.69, 9.17) is 5.11 Å². The van der Waals surface area contributed by atoms with Crippen molar-refractivity contribution in [3.63, 3.8) is 0 Å². The van der Waals surface area contributed by atoms with Crippen LogP contribution in [0.3, 0.4) is 0 Å². The molecular weight excluding hydrogens is 202 g/mol. The highest BCUT2D eigenvalue weighted by molar-refractivity contribution is 5.69. The Morgan fingerprint density at radius 2 is 1.56 bits per heavy atom. The molecule has 0 aromatic carbocycles. The average Bonchev–Trinajstić information content (AvgIpc) is 3.02. The van der Waals surface area contributed by atoms with Crippen LogP contribution in [0.2, 0.25) is 0 Å². The molecule has 0 heterocycles. The minimum atomic E-state index is -0.670. The van der Waals surface area contributed by atoms with Gasteiger partial charge in [0, 0.05) is 13.1 Å². The fourth-order valence-electron chi connectivity index (χ4n) is 2.80. The van der Waals surface area contributed by atoms with Gasteiger partial charge in [-0.15, -0.1) is 0 Å². The van der Waals surface area contributed by atoms with Gasteiger partial charge in [-0.05, 0) is 37.5 Å². The van der Waals surface area contributed by atoms with Crippen LogP contribution in [0.5, 0.6) is 0 Å². The molecule has 2 aliphatic carbocycles. The summed E-state index contributed by atoms with van der Waals surface area (Å²) in [5.41, 5.74) is 0. The Morgan fingerprint density at radius 3 is 2.06 bits per heavy atom. The zero-order valence-electron chi connectivity index (χ0n) is 10.0. The topological polar surface area (TPSA) is 40.5 Å². The van der Waals surface area contributed by atoms with Crippen LogP contribution in [-0.4, -0.2) is 35.6 Å². The minimum Gasteiger partial charge on any atom is -0.480 e. The van der Waals surface area contributed by atoms with Gasteiger partial charge < -0.3 is 5.11 Å². The maximum Gasteiger partial charge on any atom is 0.317 e. The second-order valence-electron chi connectivity index (χ2n) is 5.54. The normalized spacial score (nSPS) is 22.6. The summed E-state index contributed by atoms with van der Waals surface area (Å²) < 4.78 is 0. The second kappa shape index (κ2) is 5.67. The smallest absolute Gasteiger partial charge is 0.317 e. The number of nitrogens with zero attached hydrogens (tertiary/aromatic N) is 1. The average molecular weight is 225 g/mol. The second-order valence-corrected chi connectivity index (χ2v) is 5.54. The van der Waals surface area contributed by atoms with Crippen LogP contribution in [0, 0.1) is 11.8 Å². The lowest BCUT2D eigenvalue weighted by Crippen LogP contribution is -2.36. The molecule has 0 atom stereocenters. The van der Waals surface area contributed by atoms with E-state index in [0.717, 1.165) is 24.9 Å². The number of hydrogen-bond acceptors (Lipinski definition) is 2. The van der Waals surface area contributed by atoms with Crippen LogP contribution in [0.1, 0.15) is 44.9 Å². The number of carboxylic acid groups (broad SMARTS) is 1. The molecule has 1 N–H and O–H groups in total. The van der Waals surface area contributed by atoms with Crippen LogP contribution in [0.25, 0.3) is 0 Å². The van der Waals surface area contributed by atoms with Gasteiger partial charge in [0.1, 0.15) is 0 Å². The summed E-state index contributed by atoms with van der Waals surface area (Å²) in [5, 5.41) is 8.91. The molecule has 3 nitrogen and oxygen atoms in total. The van der Waals surface area contributed by atoms with E-state index in [1.807, 2.05) is 0 Å². The van der Waals surface area contributed by atoms with Crippen molar-refractivity contribution in [2.75, 3.05) is 19.6 Å². The molecule has 0 aliphatic heterocycles. The third-order valence-electron chi connectivity index (χ3n) is 3.81. The SMILES string of the molecule is O=C(O)CN(CC1CCCCC1)CC1CC1. The Labute approximate surface area is 97.8 Å². The molecule has 0 saturated heterocycles. The van der Waals surface area contributed by atoms with E-state index >= 15 is 0 Å². The molecule has 0 unspecified atom stereocenters. The summed E-state index contributed by atoms with van der Waals surface area (Å²) in [4.78, 5) is 13.0.